The highest BCUT2D eigenvalue weighted by molar-refractivity contribution is 5.46. The number of nitrogens with zero attached hydrogens (tertiary/aromatic N) is 2. The average molecular weight is 248 g/mol. The molecule has 0 aromatic carbocycles. The first-order valence-electron chi connectivity index (χ1n) is 7.00. The molecule has 0 atom stereocenters. The van der Waals surface area contributed by atoms with Crippen LogP contribution in [0.5, 0.6) is 0 Å². The molecular weight excluding hydrogens is 224 g/mol. The van der Waals surface area contributed by atoms with Gasteiger partial charge in [-0.05, 0) is 38.5 Å². The van der Waals surface area contributed by atoms with E-state index in [1.165, 1.54) is 25.7 Å². The van der Waals surface area contributed by atoms with E-state index in [1.807, 2.05) is 6.20 Å². The van der Waals surface area contributed by atoms with E-state index in [4.69, 9.17) is 0 Å². The molecule has 0 amide bonds. The predicted octanol–water partition coefficient (Wildman–Crippen LogP) is 3.21. The number of aryl methyl sites for hydroxylation is 1. The van der Waals surface area contributed by atoms with Gasteiger partial charge in [-0.15, -0.1) is 0 Å². The zero-order valence-electron chi connectivity index (χ0n) is 11.7. The molecule has 0 unspecified atom stereocenters. The first kappa shape index (κ1) is 13.1. The minimum Gasteiger partial charge on any atom is -0.369 e. The Kier molecular flexibility index (Phi) is 4.04. The molecule has 1 aromatic heterocycles. The van der Waals surface area contributed by atoms with Crippen LogP contribution in [0.25, 0.3) is 0 Å². The van der Waals surface area contributed by atoms with E-state index in [1.54, 1.807) is 0 Å². The average Bonchev–Trinajstić information content (AvgIpc) is 3.11. The highest BCUT2D eigenvalue weighted by Gasteiger charge is 2.41. The van der Waals surface area contributed by atoms with E-state index < -0.39 is 0 Å². The number of anilines is 2. The number of aromatic nitrogens is 2. The van der Waals surface area contributed by atoms with Crippen LogP contribution in [0, 0.1) is 12.3 Å². The Bertz CT molecular complexity index is 399. The molecule has 1 aliphatic rings. The van der Waals surface area contributed by atoms with Crippen LogP contribution in [-0.2, 0) is 0 Å². The Balaban J connectivity index is 1.97. The third-order valence-corrected chi connectivity index (χ3v) is 3.67. The largest absolute Gasteiger partial charge is 0.369 e. The molecule has 1 heterocycles. The summed E-state index contributed by atoms with van der Waals surface area (Å²) in [6, 6.07) is 0. The van der Waals surface area contributed by atoms with Crippen LogP contribution in [-0.4, -0.2) is 23.1 Å². The van der Waals surface area contributed by atoms with Crippen molar-refractivity contribution in [2.24, 2.45) is 5.41 Å². The number of nitrogens with one attached hydrogen (secondary N) is 2. The van der Waals surface area contributed by atoms with Crippen molar-refractivity contribution in [3.8, 4) is 0 Å². The highest BCUT2D eigenvalue weighted by atomic mass is 15.1. The standard InChI is InChI=1S/C14H24N4/c1-4-6-14(7-8-14)10-17-12-11(3)9-16-13(18-12)15-5-2/h9H,4-8,10H2,1-3H3,(H2,15,16,17,18). The Hall–Kier alpha value is -1.32. The molecular formula is C14H24N4. The molecule has 0 spiro atoms. The molecule has 2 N–H and O–H groups in total. The van der Waals surface area contributed by atoms with Gasteiger partial charge in [-0.2, -0.15) is 4.98 Å². The second-order valence-corrected chi connectivity index (χ2v) is 5.36. The lowest BCUT2D eigenvalue weighted by atomic mass is 10.0. The molecule has 18 heavy (non-hydrogen) atoms. The summed E-state index contributed by atoms with van der Waals surface area (Å²) in [5.41, 5.74) is 1.66. The normalized spacial score (nSPS) is 16.4. The van der Waals surface area contributed by atoms with Crippen molar-refractivity contribution in [1.29, 1.82) is 0 Å². The zero-order valence-corrected chi connectivity index (χ0v) is 11.7. The predicted molar refractivity (Wildman–Crippen MR) is 76.0 cm³/mol. The smallest absolute Gasteiger partial charge is 0.224 e. The van der Waals surface area contributed by atoms with Crippen LogP contribution in [0.2, 0.25) is 0 Å². The molecule has 0 saturated heterocycles. The second kappa shape index (κ2) is 5.55. The van der Waals surface area contributed by atoms with E-state index in [0.717, 1.165) is 24.5 Å². The van der Waals surface area contributed by atoms with Crippen molar-refractivity contribution in [3.05, 3.63) is 11.8 Å². The molecule has 1 fully saturated rings. The van der Waals surface area contributed by atoms with Crippen molar-refractivity contribution in [3.63, 3.8) is 0 Å². The van der Waals surface area contributed by atoms with Crippen molar-refractivity contribution in [1.82, 2.24) is 9.97 Å². The van der Waals surface area contributed by atoms with Crippen LogP contribution in [0.3, 0.4) is 0 Å². The highest BCUT2D eigenvalue weighted by Crippen LogP contribution is 2.49. The maximum absolute atomic E-state index is 4.52. The van der Waals surface area contributed by atoms with E-state index in [0.29, 0.717) is 11.4 Å². The van der Waals surface area contributed by atoms with Gasteiger partial charge in [-0.3, -0.25) is 0 Å². The van der Waals surface area contributed by atoms with Crippen LogP contribution < -0.4 is 10.6 Å². The van der Waals surface area contributed by atoms with Crippen LogP contribution in [0.4, 0.5) is 11.8 Å². The quantitative estimate of drug-likeness (QED) is 0.778. The monoisotopic (exact) mass is 248 g/mol. The lowest BCUT2D eigenvalue weighted by Gasteiger charge is -2.16. The molecule has 0 aliphatic heterocycles. The van der Waals surface area contributed by atoms with E-state index in [9.17, 15) is 0 Å². The summed E-state index contributed by atoms with van der Waals surface area (Å²) >= 11 is 0. The summed E-state index contributed by atoms with van der Waals surface area (Å²) in [4.78, 5) is 8.78. The SMILES string of the molecule is CCCC1(CNc2nc(NCC)ncc2C)CC1. The van der Waals surface area contributed by atoms with Gasteiger partial charge in [0.1, 0.15) is 5.82 Å². The zero-order chi connectivity index (χ0) is 13.0. The van der Waals surface area contributed by atoms with E-state index in [-0.39, 0.29) is 0 Å². The van der Waals surface area contributed by atoms with Gasteiger partial charge in [0.05, 0.1) is 0 Å². The van der Waals surface area contributed by atoms with Crippen molar-refractivity contribution in [2.45, 2.75) is 46.5 Å². The van der Waals surface area contributed by atoms with Gasteiger partial charge in [-0.1, -0.05) is 13.3 Å². The topological polar surface area (TPSA) is 49.8 Å². The van der Waals surface area contributed by atoms with E-state index in [2.05, 4.69) is 41.4 Å². The molecule has 1 aliphatic carbocycles. The van der Waals surface area contributed by atoms with E-state index >= 15 is 0 Å². The molecule has 2 rings (SSSR count). The maximum atomic E-state index is 4.52. The van der Waals surface area contributed by atoms with Gasteiger partial charge in [0, 0.05) is 24.8 Å². The molecule has 100 valence electrons. The van der Waals surface area contributed by atoms with Gasteiger partial charge in [0.15, 0.2) is 0 Å². The summed E-state index contributed by atoms with van der Waals surface area (Å²) < 4.78 is 0. The lowest BCUT2D eigenvalue weighted by Crippen LogP contribution is -2.17. The third kappa shape index (κ3) is 3.12. The van der Waals surface area contributed by atoms with Gasteiger partial charge >= 0.3 is 0 Å². The van der Waals surface area contributed by atoms with Crippen LogP contribution in [0.15, 0.2) is 6.20 Å². The van der Waals surface area contributed by atoms with Crippen LogP contribution >= 0.6 is 0 Å². The fourth-order valence-corrected chi connectivity index (χ4v) is 2.36. The lowest BCUT2D eigenvalue weighted by molar-refractivity contribution is 0.485. The molecule has 0 bridgehead atoms. The first-order chi connectivity index (χ1) is 8.69. The minimum absolute atomic E-state index is 0.546. The Morgan fingerprint density at radius 2 is 2.06 bits per heavy atom. The summed E-state index contributed by atoms with van der Waals surface area (Å²) in [5.74, 6) is 1.69. The fourth-order valence-electron chi connectivity index (χ4n) is 2.36. The maximum Gasteiger partial charge on any atom is 0.224 e. The van der Waals surface area contributed by atoms with Crippen molar-refractivity contribution >= 4 is 11.8 Å². The Morgan fingerprint density at radius 3 is 2.67 bits per heavy atom. The number of hydrogen-bond donors (Lipinski definition) is 2. The summed E-state index contributed by atoms with van der Waals surface area (Å²) in [5, 5.41) is 6.66. The Morgan fingerprint density at radius 1 is 1.28 bits per heavy atom. The molecule has 4 nitrogen and oxygen atoms in total. The van der Waals surface area contributed by atoms with Gasteiger partial charge in [0.25, 0.3) is 0 Å². The molecule has 4 heteroatoms. The van der Waals surface area contributed by atoms with Gasteiger partial charge in [0.2, 0.25) is 5.95 Å². The van der Waals surface area contributed by atoms with Gasteiger partial charge in [-0.25, -0.2) is 4.98 Å². The Labute approximate surface area is 110 Å². The second-order valence-electron chi connectivity index (χ2n) is 5.36. The summed E-state index contributed by atoms with van der Waals surface area (Å²) in [7, 11) is 0. The third-order valence-electron chi connectivity index (χ3n) is 3.67. The minimum atomic E-state index is 0.546. The molecule has 0 radical (unpaired) electrons. The molecule has 1 aromatic rings. The van der Waals surface area contributed by atoms with Gasteiger partial charge < -0.3 is 10.6 Å². The first-order valence-corrected chi connectivity index (χ1v) is 7.00. The van der Waals surface area contributed by atoms with Crippen molar-refractivity contribution in [2.75, 3.05) is 23.7 Å². The summed E-state index contributed by atoms with van der Waals surface area (Å²) in [6.07, 6.45) is 7.19. The van der Waals surface area contributed by atoms with Crippen molar-refractivity contribution < 1.29 is 0 Å². The molecule has 1 saturated carbocycles. The summed E-state index contributed by atoms with van der Waals surface area (Å²) in [6.45, 7) is 8.26. The fraction of sp³-hybridized carbons (Fsp3) is 0.714. The number of hydrogen-bond acceptors (Lipinski definition) is 4. The van der Waals surface area contributed by atoms with Crippen LogP contribution in [0.1, 0.15) is 45.1 Å². The number of rotatable bonds is 7.